The van der Waals surface area contributed by atoms with Gasteiger partial charge in [-0.2, -0.15) is 0 Å². The number of phenols is 1. The lowest BCUT2D eigenvalue weighted by molar-refractivity contribution is 0.0599. The second kappa shape index (κ2) is 5.91. The van der Waals surface area contributed by atoms with Crippen LogP contribution in [0.5, 0.6) is 5.75 Å². The normalized spacial score (nSPS) is 9.95. The van der Waals surface area contributed by atoms with Crippen LogP contribution in [0.3, 0.4) is 0 Å². The van der Waals surface area contributed by atoms with Crippen molar-refractivity contribution in [3.63, 3.8) is 0 Å². The van der Waals surface area contributed by atoms with E-state index in [0.29, 0.717) is 12.1 Å². The van der Waals surface area contributed by atoms with E-state index in [1.54, 1.807) is 30.3 Å². The number of ether oxygens (including phenoxy) is 1. The fourth-order valence-corrected chi connectivity index (χ4v) is 1.80. The molecule has 0 spiro atoms. The molecule has 0 saturated heterocycles. The fraction of sp³-hybridized carbons (Fsp3) is 0.133. The van der Waals surface area contributed by atoms with Gasteiger partial charge in [-0.15, -0.1) is 0 Å². The minimum absolute atomic E-state index is 0.200. The summed E-state index contributed by atoms with van der Waals surface area (Å²) in [6.45, 7) is 0.481. The number of esters is 1. The monoisotopic (exact) mass is 257 g/mol. The van der Waals surface area contributed by atoms with Crippen LogP contribution in [-0.4, -0.2) is 18.2 Å². The van der Waals surface area contributed by atoms with E-state index < -0.39 is 0 Å². The number of methoxy groups -OCH3 is 1. The predicted octanol–water partition coefficient (Wildman–Crippen LogP) is 2.79. The summed E-state index contributed by atoms with van der Waals surface area (Å²) in [6.07, 6.45) is 0. The number of benzene rings is 2. The van der Waals surface area contributed by atoms with Crippen molar-refractivity contribution in [3.05, 3.63) is 59.7 Å². The number of aromatic hydroxyl groups is 1. The van der Waals surface area contributed by atoms with Crippen LogP contribution < -0.4 is 5.32 Å². The largest absolute Gasteiger partial charge is 0.508 e. The summed E-state index contributed by atoms with van der Waals surface area (Å²) in [7, 11) is 1.36. The number of hydrogen-bond donors (Lipinski definition) is 2. The lowest BCUT2D eigenvalue weighted by atomic mass is 10.1. The van der Waals surface area contributed by atoms with Gasteiger partial charge in [-0.25, -0.2) is 4.79 Å². The van der Waals surface area contributed by atoms with Gasteiger partial charge in [0.25, 0.3) is 0 Å². The Morgan fingerprint density at radius 2 is 2.00 bits per heavy atom. The van der Waals surface area contributed by atoms with Crippen molar-refractivity contribution >= 4 is 11.7 Å². The molecule has 0 radical (unpaired) electrons. The summed E-state index contributed by atoms with van der Waals surface area (Å²) in [5.41, 5.74) is 2.18. The van der Waals surface area contributed by atoms with Crippen molar-refractivity contribution in [2.45, 2.75) is 6.54 Å². The topological polar surface area (TPSA) is 58.6 Å². The van der Waals surface area contributed by atoms with Crippen LogP contribution in [0.15, 0.2) is 48.5 Å². The number of carbonyl (C=O) groups is 1. The van der Waals surface area contributed by atoms with Gasteiger partial charge in [0.2, 0.25) is 0 Å². The second-order valence-corrected chi connectivity index (χ2v) is 4.05. The summed E-state index contributed by atoms with van der Waals surface area (Å²) < 4.78 is 4.74. The lowest BCUT2D eigenvalue weighted by Crippen LogP contribution is -2.08. The average molecular weight is 257 g/mol. The highest BCUT2D eigenvalue weighted by atomic mass is 16.5. The molecular weight excluding hydrogens is 242 g/mol. The Morgan fingerprint density at radius 3 is 2.74 bits per heavy atom. The molecule has 2 N–H and O–H groups in total. The molecule has 0 aromatic heterocycles. The summed E-state index contributed by atoms with van der Waals surface area (Å²) in [5.74, 6) is -0.153. The van der Waals surface area contributed by atoms with Gasteiger partial charge in [0.05, 0.1) is 12.7 Å². The van der Waals surface area contributed by atoms with Gasteiger partial charge < -0.3 is 15.2 Å². The fourth-order valence-electron chi connectivity index (χ4n) is 1.80. The van der Waals surface area contributed by atoms with Crippen molar-refractivity contribution in [2.75, 3.05) is 12.4 Å². The van der Waals surface area contributed by atoms with Crippen molar-refractivity contribution in [1.82, 2.24) is 0 Å². The Kier molecular flexibility index (Phi) is 4.03. The van der Waals surface area contributed by atoms with Crippen LogP contribution in [0.2, 0.25) is 0 Å². The second-order valence-electron chi connectivity index (χ2n) is 4.05. The van der Waals surface area contributed by atoms with Crippen molar-refractivity contribution in [2.24, 2.45) is 0 Å². The van der Waals surface area contributed by atoms with Gasteiger partial charge in [0, 0.05) is 18.3 Å². The Balaban J connectivity index is 2.13. The Labute approximate surface area is 111 Å². The molecule has 2 aromatic rings. The minimum atomic E-state index is -0.353. The van der Waals surface area contributed by atoms with Crippen LogP contribution in [0.1, 0.15) is 15.9 Å². The molecular formula is C15H15NO3. The molecule has 98 valence electrons. The Bertz CT molecular complexity index is 581. The predicted molar refractivity (Wildman–Crippen MR) is 73.2 cm³/mol. The highest BCUT2D eigenvalue weighted by molar-refractivity contribution is 5.91. The lowest BCUT2D eigenvalue weighted by Gasteiger charge is -2.10. The molecule has 0 unspecified atom stereocenters. The molecule has 0 atom stereocenters. The number of carbonyl (C=O) groups excluding carboxylic acids is 1. The van der Waals surface area contributed by atoms with Gasteiger partial charge in [-0.3, -0.25) is 0 Å². The molecule has 2 rings (SSSR count). The maximum atomic E-state index is 11.6. The third-order valence-electron chi connectivity index (χ3n) is 2.75. The Morgan fingerprint density at radius 1 is 1.21 bits per heavy atom. The van der Waals surface area contributed by atoms with Gasteiger partial charge >= 0.3 is 5.97 Å². The van der Waals surface area contributed by atoms with Crippen LogP contribution in [0, 0.1) is 0 Å². The van der Waals surface area contributed by atoms with E-state index >= 15 is 0 Å². The number of rotatable bonds is 4. The maximum Gasteiger partial charge on any atom is 0.338 e. The van der Waals surface area contributed by atoms with Crippen molar-refractivity contribution in [3.8, 4) is 5.75 Å². The van der Waals surface area contributed by atoms with Crippen molar-refractivity contribution < 1.29 is 14.6 Å². The highest BCUT2D eigenvalue weighted by Crippen LogP contribution is 2.17. The summed E-state index contributed by atoms with van der Waals surface area (Å²) in [6, 6.07) is 14.1. The van der Waals surface area contributed by atoms with Gasteiger partial charge in [0.15, 0.2) is 0 Å². The zero-order valence-corrected chi connectivity index (χ0v) is 10.6. The highest BCUT2D eigenvalue weighted by Gasteiger charge is 2.10. The molecule has 2 aromatic carbocycles. The molecule has 19 heavy (non-hydrogen) atoms. The average Bonchev–Trinajstić information content (AvgIpc) is 2.45. The van der Waals surface area contributed by atoms with Gasteiger partial charge in [0.1, 0.15) is 5.75 Å². The van der Waals surface area contributed by atoms with Crippen LogP contribution >= 0.6 is 0 Å². The molecule has 0 fully saturated rings. The molecule has 4 heteroatoms. The third kappa shape index (κ3) is 3.25. The van der Waals surface area contributed by atoms with E-state index in [9.17, 15) is 9.90 Å². The first-order valence-corrected chi connectivity index (χ1v) is 5.90. The maximum absolute atomic E-state index is 11.6. The van der Waals surface area contributed by atoms with Gasteiger partial charge in [-0.05, 0) is 23.8 Å². The molecule has 4 nitrogen and oxygen atoms in total. The van der Waals surface area contributed by atoms with Crippen LogP contribution in [-0.2, 0) is 11.3 Å². The van der Waals surface area contributed by atoms with Gasteiger partial charge in [-0.1, -0.05) is 24.3 Å². The van der Waals surface area contributed by atoms with E-state index in [0.717, 1.165) is 11.3 Å². The SMILES string of the molecule is COC(=O)c1ccccc1CNc1cccc(O)c1. The molecule has 0 aliphatic carbocycles. The summed E-state index contributed by atoms with van der Waals surface area (Å²) >= 11 is 0. The Hall–Kier alpha value is -2.49. The smallest absolute Gasteiger partial charge is 0.338 e. The van der Waals surface area contributed by atoms with E-state index in [1.807, 2.05) is 18.2 Å². The first-order valence-electron chi connectivity index (χ1n) is 5.90. The zero-order valence-electron chi connectivity index (χ0n) is 10.6. The van der Waals surface area contributed by atoms with E-state index in [2.05, 4.69) is 5.32 Å². The molecule has 0 amide bonds. The summed E-state index contributed by atoms with van der Waals surface area (Å²) in [5, 5.41) is 12.5. The van der Waals surface area contributed by atoms with Crippen LogP contribution in [0.25, 0.3) is 0 Å². The van der Waals surface area contributed by atoms with E-state index in [4.69, 9.17) is 4.74 Å². The van der Waals surface area contributed by atoms with E-state index in [-0.39, 0.29) is 11.7 Å². The molecule has 0 aliphatic rings. The summed E-state index contributed by atoms with van der Waals surface area (Å²) in [4.78, 5) is 11.6. The molecule has 0 bridgehead atoms. The minimum Gasteiger partial charge on any atom is -0.508 e. The number of hydrogen-bond acceptors (Lipinski definition) is 4. The molecule has 0 heterocycles. The van der Waals surface area contributed by atoms with Crippen molar-refractivity contribution in [1.29, 1.82) is 0 Å². The molecule has 0 saturated carbocycles. The first-order chi connectivity index (χ1) is 9.20. The van der Waals surface area contributed by atoms with E-state index in [1.165, 1.54) is 7.11 Å². The number of phenolic OH excluding ortho intramolecular Hbond substituents is 1. The standard InChI is InChI=1S/C15H15NO3/c1-19-15(18)14-8-3-2-5-11(14)10-16-12-6-4-7-13(17)9-12/h2-9,16-17H,10H2,1H3. The quantitative estimate of drug-likeness (QED) is 0.827. The number of nitrogens with one attached hydrogen (secondary N) is 1. The first kappa shape index (κ1) is 13.0. The molecule has 0 aliphatic heterocycles. The van der Waals surface area contributed by atoms with Crippen LogP contribution in [0.4, 0.5) is 5.69 Å². The third-order valence-corrected chi connectivity index (χ3v) is 2.75. The number of anilines is 1. The zero-order chi connectivity index (χ0) is 13.7.